The van der Waals surface area contributed by atoms with Gasteiger partial charge in [-0.2, -0.15) is 13.2 Å². The molecule has 1 aliphatic heterocycles. The van der Waals surface area contributed by atoms with Crippen LogP contribution < -0.4 is 4.90 Å². The summed E-state index contributed by atoms with van der Waals surface area (Å²) in [4.78, 5) is 5.67. The molecule has 3 rings (SSSR count). The van der Waals surface area contributed by atoms with E-state index in [2.05, 4.69) is 24.6 Å². The number of nitrogens with zero attached hydrogens (tertiary/aromatic N) is 2. The number of halogens is 4. The lowest BCUT2D eigenvalue weighted by atomic mass is 9.81. The molecule has 1 N–H and O–H groups in total. The highest BCUT2D eigenvalue weighted by Gasteiger charge is 2.61. The second-order valence-electron chi connectivity index (χ2n) is 8.02. The van der Waals surface area contributed by atoms with E-state index in [0.717, 1.165) is 12.1 Å². The summed E-state index contributed by atoms with van der Waals surface area (Å²) >= 11 is 5.97. The average Bonchev–Trinajstić information content (AvgIpc) is 2.59. The Labute approximate surface area is 167 Å². The summed E-state index contributed by atoms with van der Waals surface area (Å²) in [5.41, 5.74) is -3.71. The molecule has 4 nitrogen and oxygen atoms in total. The number of aromatic nitrogens is 1. The van der Waals surface area contributed by atoms with Gasteiger partial charge in [-0.3, -0.25) is 0 Å². The van der Waals surface area contributed by atoms with Gasteiger partial charge >= 0.3 is 6.18 Å². The van der Waals surface area contributed by atoms with Gasteiger partial charge in [-0.15, -0.1) is 0 Å². The standard InChI is InChI=1S/C19H22ClF3N2O2Si/c1-28(2,3)10-9-27-12-25-16-7-6-13(20)11-15(16)18(26,19(21,22)23)14-5-4-8-24-17(14)25/h4-8,11,26H,9-10,12H2,1-3H3. The number of benzene rings is 1. The number of anilines is 2. The van der Waals surface area contributed by atoms with Crippen molar-refractivity contribution in [1.29, 1.82) is 0 Å². The first-order chi connectivity index (χ1) is 12.9. The number of ether oxygens (including phenoxy) is 1. The second kappa shape index (κ2) is 7.33. The van der Waals surface area contributed by atoms with Crippen molar-refractivity contribution in [3.05, 3.63) is 52.7 Å². The summed E-state index contributed by atoms with van der Waals surface area (Å²) in [6, 6.07) is 7.61. The van der Waals surface area contributed by atoms with E-state index in [1.165, 1.54) is 30.5 Å². The van der Waals surface area contributed by atoms with Crippen LogP contribution in [0, 0.1) is 0 Å². The topological polar surface area (TPSA) is 45.6 Å². The summed E-state index contributed by atoms with van der Waals surface area (Å²) in [5, 5.41) is 11.0. The normalized spacial score (nSPS) is 19.4. The van der Waals surface area contributed by atoms with Crippen LogP contribution in [0.25, 0.3) is 0 Å². The molecular formula is C19H22ClF3N2O2Si. The molecule has 2 aromatic rings. The van der Waals surface area contributed by atoms with Crippen LogP contribution in [0.1, 0.15) is 11.1 Å². The van der Waals surface area contributed by atoms with Crippen LogP contribution in [-0.2, 0) is 10.3 Å². The highest BCUT2D eigenvalue weighted by atomic mass is 35.5. The molecule has 1 atom stereocenters. The Hall–Kier alpha value is -1.61. The molecule has 1 aromatic carbocycles. The predicted octanol–water partition coefficient (Wildman–Crippen LogP) is 5.30. The van der Waals surface area contributed by atoms with Crippen LogP contribution in [0.4, 0.5) is 24.7 Å². The van der Waals surface area contributed by atoms with E-state index in [1.807, 2.05) is 0 Å². The zero-order chi connectivity index (χ0) is 20.7. The molecule has 152 valence electrons. The minimum absolute atomic E-state index is 0.0187. The van der Waals surface area contributed by atoms with Gasteiger partial charge in [0.05, 0.1) is 5.69 Å². The summed E-state index contributed by atoms with van der Waals surface area (Å²) in [5.74, 6) is 0.0187. The lowest BCUT2D eigenvalue weighted by molar-refractivity contribution is -0.248. The average molecular weight is 431 g/mol. The van der Waals surface area contributed by atoms with Crippen molar-refractivity contribution < 1.29 is 23.0 Å². The number of hydrogen-bond donors (Lipinski definition) is 1. The van der Waals surface area contributed by atoms with E-state index < -0.39 is 19.9 Å². The number of rotatable bonds is 5. The Balaban J connectivity index is 2.06. The number of alkyl halides is 3. The molecule has 1 unspecified atom stereocenters. The quantitative estimate of drug-likeness (QED) is 0.516. The van der Waals surface area contributed by atoms with Gasteiger partial charge in [0.2, 0.25) is 5.60 Å². The van der Waals surface area contributed by atoms with Crippen LogP contribution in [0.2, 0.25) is 30.7 Å². The van der Waals surface area contributed by atoms with E-state index in [1.54, 1.807) is 4.90 Å². The van der Waals surface area contributed by atoms with Crippen molar-refractivity contribution in [2.24, 2.45) is 0 Å². The third-order valence-electron chi connectivity index (χ3n) is 4.70. The molecule has 0 fully saturated rings. The summed E-state index contributed by atoms with van der Waals surface area (Å²) in [6.45, 7) is 7.18. The number of pyridine rings is 1. The van der Waals surface area contributed by atoms with E-state index in [0.29, 0.717) is 6.61 Å². The Kier molecular flexibility index (Phi) is 5.52. The Morgan fingerprint density at radius 3 is 2.57 bits per heavy atom. The van der Waals surface area contributed by atoms with Crippen molar-refractivity contribution >= 4 is 31.2 Å². The second-order valence-corrected chi connectivity index (χ2v) is 14.1. The highest BCUT2D eigenvalue weighted by molar-refractivity contribution is 6.76. The Morgan fingerprint density at radius 2 is 1.93 bits per heavy atom. The van der Waals surface area contributed by atoms with Crippen molar-refractivity contribution in [3.8, 4) is 0 Å². The molecule has 0 spiro atoms. The van der Waals surface area contributed by atoms with Crippen molar-refractivity contribution in [2.75, 3.05) is 18.2 Å². The first-order valence-electron chi connectivity index (χ1n) is 8.85. The zero-order valence-corrected chi connectivity index (χ0v) is 17.6. The van der Waals surface area contributed by atoms with E-state index in [9.17, 15) is 18.3 Å². The van der Waals surface area contributed by atoms with Crippen molar-refractivity contribution in [1.82, 2.24) is 4.98 Å². The predicted molar refractivity (Wildman–Crippen MR) is 106 cm³/mol. The molecule has 0 amide bonds. The lowest BCUT2D eigenvalue weighted by Gasteiger charge is -2.42. The Bertz CT molecular complexity index is 873. The van der Waals surface area contributed by atoms with E-state index in [4.69, 9.17) is 16.3 Å². The monoisotopic (exact) mass is 430 g/mol. The first kappa shape index (κ1) is 21.1. The molecule has 0 saturated heterocycles. The molecule has 0 aliphatic carbocycles. The maximum atomic E-state index is 14.0. The maximum absolute atomic E-state index is 14.0. The van der Waals surface area contributed by atoms with Crippen molar-refractivity contribution in [2.45, 2.75) is 37.5 Å². The molecule has 0 bridgehead atoms. The summed E-state index contributed by atoms with van der Waals surface area (Å²) < 4.78 is 47.8. The van der Waals surface area contributed by atoms with Gasteiger partial charge in [-0.05, 0) is 30.3 Å². The highest BCUT2D eigenvalue weighted by Crippen LogP contribution is 2.54. The van der Waals surface area contributed by atoms with Gasteiger partial charge in [0, 0.05) is 37.0 Å². The van der Waals surface area contributed by atoms with Crippen LogP contribution in [0.3, 0.4) is 0 Å². The maximum Gasteiger partial charge on any atom is 0.425 e. The minimum Gasteiger partial charge on any atom is -0.372 e. The molecule has 9 heteroatoms. The van der Waals surface area contributed by atoms with Gasteiger partial charge in [0.25, 0.3) is 0 Å². The molecule has 1 aromatic heterocycles. The smallest absolute Gasteiger partial charge is 0.372 e. The summed E-state index contributed by atoms with van der Waals surface area (Å²) in [7, 11) is -1.31. The number of aliphatic hydroxyl groups is 1. The van der Waals surface area contributed by atoms with E-state index in [-0.39, 0.29) is 34.4 Å². The van der Waals surface area contributed by atoms with Crippen LogP contribution in [-0.4, -0.2) is 37.7 Å². The molecule has 0 saturated carbocycles. The fourth-order valence-electron chi connectivity index (χ4n) is 3.16. The van der Waals surface area contributed by atoms with Crippen LogP contribution in [0.5, 0.6) is 0 Å². The van der Waals surface area contributed by atoms with Crippen molar-refractivity contribution in [3.63, 3.8) is 0 Å². The van der Waals surface area contributed by atoms with Gasteiger partial charge in [-0.1, -0.05) is 37.3 Å². The third kappa shape index (κ3) is 3.78. The molecule has 2 heterocycles. The molecule has 1 aliphatic rings. The molecular weight excluding hydrogens is 409 g/mol. The zero-order valence-electron chi connectivity index (χ0n) is 15.8. The van der Waals surface area contributed by atoms with E-state index >= 15 is 0 Å². The first-order valence-corrected chi connectivity index (χ1v) is 12.9. The summed E-state index contributed by atoms with van der Waals surface area (Å²) in [6.07, 6.45) is -3.55. The SMILES string of the molecule is C[Si](C)(C)CCOCN1c2ccc(Cl)cc2C(O)(C(F)(F)F)c2cccnc21. The molecule has 0 radical (unpaired) electrons. The minimum atomic E-state index is -4.95. The number of hydrogen-bond acceptors (Lipinski definition) is 4. The van der Waals surface area contributed by atoms with Gasteiger partial charge in [0.1, 0.15) is 12.5 Å². The van der Waals surface area contributed by atoms with Gasteiger partial charge in [-0.25, -0.2) is 4.98 Å². The Morgan fingerprint density at radius 1 is 1.21 bits per heavy atom. The fourth-order valence-corrected chi connectivity index (χ4v) is 4.09. The molecule has 28 heavy (non-hydrogen) atoms. The van der Waals surface area contributed by atoms with Gasteiger partial charge in [0.15, 0.2) is 0 Å². The third-order valence-corrected chi connectivity index (χ3v) is 6.64. The fraction of sp³-hybridized carbons (Fsp3) is 0.421. The lowest BCUT2D eigenvalue weighted by Crippen LogP contribution is -2.48. The largest absolute Gasteiger partial charge is 0.425 e. The van der Waals surface area contributed by atoms with Crippen LogP contribution in [0.15, 0.2) is 36.5 Å². The number of fused-ring (bicyclic) bond motifs is 2. The van der Waals surface area contributed by atoms with Crippen LogP contribution >= 0.6 is 11.6 Å². The van der Waals surface area contributed by atoms with Gasteiger partial charge < -0.3 is 14.7 Å².